The lowest BCUT2D eigenvalue weighted by atomic mass is 9.93. The summed E-state index contributed by atoms with van der Waals surface area (Å²) in [6, 6.07) is 8.08. The average molecular weight is 361 g/mol. The summed E-state index contributed by atoms with van der Waals surface area (Å²) in [5, 5.41) is 3.13. The normalized spacial score (nSPS) is 18.5. The molecule has 0 saturated carbocycles. The van der Waals surface area contributed by atoms with E-state index in [0.717, 1.165) is 44.1 Å². The molecule has 4 heteroatoms. The van der Waals surface area contributed by atoms with E-state index in [1.54, 1.807) is 0 Å². The number of nitrogens with zero attached hydrogens (tertiary/aromatic N) is 1. The van der Waals surface area contributed by atoms with Crippen LogP contribution in [0, 0.1) is 12.8 Å². The molecule has 1 unspecified atom stereocenters. The molecule has 0 aromatic heterocycles. The van der Waals surface area contributed by atoms with Gasteiger partial charge in [-0.05, 0) is 76.6 Å². The third-order valence-electron chi connectivity index (χ3n) is 5.29. The van der Waals surface area contributed by atoms with Crippen molar-refractivity contribution >= 4 is 5.91 Å². The molecule has 4 nitrogen and oxygen atoms in total. The summed E-state index contributed by atoms with van der Waals surface area (Å²) in [5.41, 5.74) is 1.23. The molecule has 1 aromatic carbocycles. The maximum Gasteiger partial charge on any atom is 0.220 e. The molecule has 1 fully saturated rings. The molecular weight excluding hydrogens is 324 g/mol. The minimum Gasteiger partial charge on any atom is -0.494 e. The molecule has 146 valence electrons. The highest BCUT2D eigenvalue weighted by molar-refractivity contribution is 5.75. The summed E-state index contributed by atoms with van der Waals surface area (Å²) >= 11 is 0. The second-order valence-corrected chi connectivity index (χ2v) is 8.40. The van der Waals surface area contributed by atoms with Gasteiger partial charge in [0.25, 0.3) is 0 Å². The molecule has 1 amide bonds. The predicted octanol–water partition coefficient (Wildman–Crippen LogP) is 4.17. The van der Waals surface area contributed by atoms with Crippen LogP contribution in [0.25, 0.3) is 0 Å². The van der Waals surface area contributed by atoms with Gasteiger partial charge in [0.1, 0.15) is 5.75 Å². The van der Waals surface area contributed by atoms with E-state index >= 15 is 0 Å². The van der Waals surface area contributed by atoms with Crippen molar-refractivity contribution in [2.24, 2.45) is 5.92 Å². The second-order valence-electron chi connectivity index (χ2n) is 8.40. The SMILES string of the molecule is Cc1cccc(OCCCCC(=O)NCC(C)(C)N2CCCC(C)C2)c1. The third kappa shape index (κ3) is 6.99. The van der Waals surface area contributed by atoms with Crippen LogP contribution in [0.1, 0.15) is 58.4 Å². The van der Waals surface area contributed by atoms with Crippen LogP contribution in [0.2, 0.25) is 0 Å². The van der Waals surface area contributed by atoms with Crippen molar-refractivity contribution in [2.75, 3.05) is 26.2 Å². The molecule has 0 bridgehead atoms. The van der Waals surface area contributed by atoms with Gasteiger partial charge in [0.05, 0.1) is 6.61 Å². The Morgan fingerprint density at radius 1 is 1.35 bits per heavy atom. The Labute approximate surface area is 159 Å². The zero-order valence-electron chi connectivity index (χ0n) is 17.0. The monoisotopic (exact) mass is 360 g/mol. The number of hydrogen-bond donors (Lipinski definition) is 1. The molecule has 1 heterocycles. The summed E-state index contributed by atoms with van der Waals surface area (Å²) in [6.45, 7) is 12.5. The second kappa shape index (κ2) is 9.96. The van der Waals surface area contributed by atoms with E-state index in [1.165, 1.54) is 18.4 Å². The molecule has 0 radical (unpaired) electrons. The lowest BCUT2D eigenvalue weighted by Crippen LogP contribution is -2.54. The van der Waals surface area contributed by atoms with Gasteiger partial charge in [0.15, 0.2) is 0 Å². The third-order valence-corrected chi connectivity index (χ3v) is 5.29. The first-order chi connectivity index (χ1) is 12.4. The Morgan fingerprint density at radius 3 is 2.88 bits per heavy atom. The van der Waals surface area contributed by atoms with E-state index in [0.29, 0.717) is 13.0 Å². The van der Waals surface area contributed by atoms with Gasteiger partial charge < -0.3 is 10.1 Å². The lowest BCUT2D eigenvalue weighted by molar-refractivity contribution is -0.121. The molecule has 2 rings (SSSR count). The number of carbonyl (C=O) groups excluding carboxylic acids is 1. The molecule has 1 aromatic rings. The number of piperidine rings is 1. The minimum absolute atomic E-state index is 0.0264. The van der Waals surface area contributed by atoms with E-state index in [9.17, 15) is 4.79 Å². The van der Waals surface area contributed by atoms with Crippen molar-refractivity contribution in [3.63, 3.8) is 0 Å². The highest BCUT2D eigenvalue weighted by atomic mass is 16.5. The molecule has 1 aliphatic heterocycles. The van der Waals surface area contributed by atoms with Crippen molar-refractivity contribution in [2.45, 2.75) is 65.3 Å². The van der Waals surface area contributed by atoms with Gasteiger partial charge >= 0.3 is 0 Å². The van der Waals surface area contributed by atoms with Crippen LogP contribution in [0.3, 0.4) is 0 Å². The number of unbranched alkanes of at least 4 members (excludes halogenated alkanes) is 1. The van der Waals surface area contributed by atoms with Gasteiger partial charge in [-0.15, -0.1) is 0 Å². The Bertz CT molecular complexity index is 571. The maximum atomic E-state index is 12.1. The minimum atomic E-state index is 0.0264. The molecule has 1 atom stereocenters. The molecule has 26 heavy (non-hydrogen) atoms. The fraction of sp³-hybridized carbons (Fsp3) is 0.682. The Kier molecular flexibility index (Phi) is 7.95. The fourth-order valence-corrected chi connectivity index (χ4v) is 3.54. The van der Waals surface area contributed by atoms with E-state index in [2.05, 4.69) is 44.0 Å². The molecular formula is C22H36N2O2. The van der Waals surface area contributed by atoms with Crippen molar-refractivity contribution in [1.29, 1.82) is 0 Å². The van der Waals surface area contributed by atoms with Gasteiger partial charge in [-0.3, -0.25) is 9.69 Å². The summed E-state index contributed by atoms with van der Waals surface area (Å²) in [5.74, 6) is 1.82. The summed E-state index contributed by atoms with van der Waals surface area (Å²) in [4.78, 5) is 14.7. The van der Waals surface area contributed by atoms with Crippen LogP contribution in [0.5, 0.6) is 5.75 Å². The van der Waals surface area contributed by atoms with Crippen molar-refractivity contribution in [3.8, 4) is 5.75 Å². The zero-order valence-corrected chi connectivity index (χ0v) is 17.0. The zero-order chi connectivity index (χ0) is 19.0. The first-order valence-electron chi connectivity index (χ1n) is 10.1. The van der Waals surface area contributed by atoms with Crippen LogP contribution >= 0.6 is 0 Å². The van der Waals surface area contributed by atoms with Crippen molar-refractivity contribution < 1.29 is 9.53 Å². The van der Waals surface area contributed by atoms with Gasteiger partial charge in [-0.2, -0.15) is 0 Å². The fourth-order valence-electron chi connectivity index (χ4n) is 3.54. The number of ether oxygens (including phenoxy) is 1. The number of nitrogens with one attached hydrogen (secondary N) is 1. The van der Waals surface area contributed by atoms with Gasteiger partial charge in [0.2, 0.25) is 5.91 Å². The molecule has 0 spiro atoms. The van der Waals surface area contributed by atoms with E-state index in [-0.39, 0.29) is 11.4 Å². The Morgan fingerprint density at radius 2 is 2.15 bits per heavy atom. The van der Waals surface area contributed by atoms with Crippen LogP contribution < -0.4 is 10.1 Å². The van der Waals surface area contributed by atoms with E-state index in [4.69, 9.17) is 4.74 Å². The smallest absolute Gasteiger partial charge is 0.220 e. The lowest BCUT2D eigenvalue weighted by Gasteiger charge is -2.43. The van der Waals surface area contributed by atoms with Gasteiger partial charge in [-0.25, -0.2) is 0 Å². The number of aryl methyl sites for hydroxylation is 1. The molecule has 1 aliphatic rings. The predicted molar refractivity (Wildman–Crippen MR) is 108 cm³/mol. The number of carbonyl (C=O) groups is 1. The van der Waals surface area contributed by atoms with E-state index in [1.807, 2.05) is 18.2 Å². The number of amides is 1. The highest BCUT2D eigenvalue weighted by Crippen LogP contribution is 2.23. The molecule has 1 saturated heterocycles. The molecule has 0 aliphatic carbocycles. The Balaban J connectivity index is 1.59. The van der Waals surface area contributed by atoms with Crippen LogP contribution in [0.4, 0.5) is 0 Å². The number of likely N-dealkylation sites (tertiary alicyclic amines) is 1. The number of rotatable bonds is 9. The summed E-state index contributed by atoms with van der Waals surface area (Å²) in [6.07, 6.45) is 4.92. The maximum absolute atomic E-state index is 12.1. The van der Waals surface area contributed by atoms with Crippen molar-refractivity contribution in [1.82, 2.24) is 10.2 Å². The van der Waals surface area contributed by atoms with Crippen molar-refractivity contribution in [3.05, 3.63) is 29.8 Å². The topological polar surface area (TPSA) is 41.6 Å². The quantitative estimate of drug-likeness (QED) is 0.672. The van der Waals surface area contributed by atoms with Gasteiger partial charge in [0, 0.05) is 25.0 Å². The molecule has 1 N–H and O–H groups in total. The first kappa shape index (κ1) is 20.8. The number of benzene rings is 1. The van der Waals surface area contributed by atoms with E-state index < -0.39 is 0 Å². The van der Waals surface area contributed by atoms with Crippen LogP contribution in [0.15, 0.2) is 24.3 Å². The average Bonchev–Trinajstić information content (AvgIpc) is 2.60. The van der Waals surface area contributed by atoms with Gasteiger partial charge in [-0.1, -0.05) is 19.1 Å². The highest BCUT2D eigenvalue weighted by Gasteiger charge is 2.30. The summed E-state index contributed by atoms with van der Waals surface area (Å²) in [7, 11) is 0. The number of hydrogen-bond acceptors (Lipinski definition) is 3. The summed E-state index contributed by atoms with van der Waals surface area (Å²) < 4.78 is 5.73. The van der Waals surface area contributed by atoms with Crippen LogP contribution in [-0.4, -0.2) is 42.6 Å². The first-order valence-corrected chi connectivity index (χ1v) is 10.1. The van der Waals surface area contributed by atoms with Crippen LogP contribution in [-0.2, 0) is 4.79 Å². The standard InChI is InChI=1S/C22H36N2O2/c1-18-9-7-11-20(15-18)26-14-6-5-12-21(25)23-17-22(3,4)24-13-8-10-19(2)16-24/h7,9,11,15,19H,5-6,8,10,12-14,16-17H2,1-4H3,(H,23,25). The Hall–Kier alpha value is -1.55. The largest absolute Gasteiger partial charge is 0.494 e.